The minimum atomic E-state index is -0.399. The summed E-state index contributed by atoms with van der Waals surface area (Å²) in [5.41, 5.74) is 0.936. The summed E-state index contributed by atoms with van der Waals surface area (Å²) < 4.78 is 6.43. The molecular weight excluding hydrogens is 352 g/mol. The Morgan fingerprint density at radius 3 is 2.55 bits per heavy atom. The minimum Gasteiger partial charge on any atom is -0.483 e. The van der Waals surface area contributed by atoms with Gasteiger partial charge in [-0.1, -0.05) is 0 Å². The van der Waals surface area contributed by atoms with Crippen molar-refractivity contribution in [3.8, 4) is 5.75 Å². The normalized spacial score (nSPS) is 19.3. The first-order chi connectivity index (χ1) is 10.6. The Bertz CT molecular complexity index is 569. The molecule has 22 heavy (non-hydrogen) atoms. The number of nitro groups is 1. The summed E-state index contributed by atoms with van der Waals surface area (Å²) in [7, 11) is 0. The van der Waals surface area contributed by atoms with Gasteiger partial charge in [-0.3, -0.25) is 10.1 Å². The number of anilines is 1. The molecule has 0 atom stereocenters. The van der Waals surface area contributed by atoms with Crippen molar-refractivity contribution >= 4 is 27.3 Å². The Labute approximate surface area is 137 Å². The number of benzene rings is 1. The molecule has 2 aliphatic rings. The molecule has 3 rings (SSSR count). The maximum absolute atomic E-state index is 11.2. The second kappa shape index (κ2) is 6.42. The first kappa shape index (κ1) is 15.6. The van der Waals surface area contributed by atoms with Gasteiger partial charge in [-0.25, -0.2) is 0 Å². The molecule has 0 radical (unpaired) electrons. The van der Waals surface area contributed by atoms with E-state index in [4.69, 9.17) is 4.74 Å². The van der Waals surface area contributed by atoms with E-state index in [1.807, 2.05) is 0 Å². The molecule has 1 N–H and O–H groups in total. The minimum absolute atomic E-state index is 0.00719. The average Bonchev–Trinajstić information content (AvgIpc) is 3.32. The molecule has 0 spiro atoms. The van der Waals surface area contributed by atoms with Gasteiger partial charge in [0, 0.05) is 36.3 Å². The van der Waals surface area contributed by atoms with Crippen LogP contribution in [0.1, 0.15) is 25.7 Å². The Morgan fingerprint density at radius 1 is 1.32 bits per heavy atom. The number of hydrogen-bond acceptors (Lipinski definition) is 5. The third-order valence-electron chi connectivity index (χ3n) is 4.26. The smallest absolute Gasteiger partial charge is 0.312 e. The summed E-state index contributed by atoms with van der Waals surface area (Å²) in [4.78, 5) is 13.0. The van der Waals surface area contributed by atoms with Crippen molar-refractivity contribution < 1.29 is 14.8 Å². The van der Waals surface area contributed by atoms with E-state index in [1.54, 1.807) is 6.07 Å². The van der Waals surface area contributed by atoms with Crippen molar-refractivity contribution in [3.05, 3.63) is 26.7 Å². The van der Waals surface area contributed by atoms with E-state index in [2.05, 4.69) is 20.8 Å². The van der Waals surface area contributed by atoms with Gasteiger partial charge < -0.3 is 14.7 Å². The highest BCUT2D eigenvalue weighted by Gasteiger charge is 2.29. The molecule has 0 aromatic heterocycles. The number of nitro benzene ring substituents is 1. The molecule has 2 fully saturated rings. The molecule has 120 valence electrons. The van der Waals surface area contributed by atoms with E-state index in [0.29, 0.717) is 16.1 Å². The second-order valence-electron chi connectivity index (χ2n) is 5.96. The van der Waals surface area contributed by atoms with Gasteiger partial charge in [-0.2, -0.15) is 0 Å². The van der Waals surface area contributed by atoms with Crippen molar-refractivity contribution in [3.63, 3.8) is 0 Å². The Morgan fingerprint density at radius 2 is 2.00 bits per heavy atom. The zero-order chi connectivity index (χ0) is 15.7. The molecule has 1 aliphatic carbocycles. The molecule has 0 amide bonds. The van der Waals surface area contributed by atoms with Crippen LogP contribution in [-0.2, 0) is 0 Å². The van der Waals surface area contributed by atoms with Crippen LogP contribution in [0, 0.1) is 16.0 Å². The van der Waals surface area contributed by atoms with E-state index >= 15 is 0 Å². The van der Waals surface area contributed by atoms with Crippen molar-refractivity contribution in [1.29, 1.82) is 0 Å². The Kier molecular flexibility index (Phi) is 4.54. The summed E-state index contributed by atoms with van der Waals surface area (Å²) in [5, 5.41) is 20.4. The molecular formula is C15H19BrN2O4. The number of halogens is 1. The topological polar surface area (TPSA) is 75.8 Å². The SMILES string of the molecule is O=[N+]([O-])c1cc(Br)c(N2CCC(CO)CC2)cc1OC1CC1. The predicted molar refractivity (Wildman–Crippen MR) is 86.5 cm³/mol. The number of ether oxygens (including phenoxy) is 1. The zero-order valence-electron chi connectivity index (χ0n) is 12.2. The summed E-state index contributed by atoms with van der Waals surface area (Å²) in [6, 6.07) is 3.31. The molecule has 1 saturated heterocycles. The van der Waals surface area contributed by atoms with Gasteiger partial charge in [0.25, 0.3) is 0 Å². The number of rotatable bonds is 5. The van der Waals surface area contributed by atoms with Gasteiger partial charge in [-0.05, 0) is 47.5 Å². The van der Waals surface area contributed by atoms with Gasteiger partial charge in [0.15, 0.2) is 5.75 Å². The fourth-order valence-electron chi connectivity index (χ4n) is 2.73. The standard InChI is InChI=1S/C15H19BrN2O4/c16-12-7-14(18(20)21)15(22-11-1-2-11)8-13(12)17-5-3-10(9-19)4-6-17/h7-8,10-11,19H,1-6,9H2. The van der Waals surface area contributed by atoms with Crippen molar-refractivity contribution in [2.45, 2.75) is 31.8 Å². The molecule has 0 unspecified atom stereocenters. The monoisotopic (exact) mass is 370 g/mol. The Balaban J connectivity index is 1.85. The van der Waals surface area contributed by atoms with Crippen LogP contribution in [-0.4, -0.2) is 35.8 Å². The number of aliphatic hydroxyl groups excluding tert-OH is 1. The van der Waals surface area contributed by atoms with Crippen LogP contribution in [0.2, 0.25) is 0 Å². The van der Waals surface area contributed by atoms with Crippen LogP contribution in [0.5, 0.6) is 5.75 Å². The van der Waals surface area contributed by atoms with E-state index in [1.165, 1.54) is 6.07 Å². The largest absolute Gasteiger partial charge is 0.483 e. The van der Waals surface area contributed by atoms with E-state index in [0.717, 1.165) is 44.5 Å². The van der Waals surface area contributed by atoms with Crippen LogP contribution >= 0.6 is 15.9 Å². The average molecular weight is 371 g/mol. The Hall–Kier alpha value is -1.34. The lowest BCUT2D eigenvalue weighted by molar-refractivity contribution is -0.386. The summed E-state index contributed by atoms with van der Waals surface area (Å²) in [5.74, 6) is 0.713. The van der Waals surface area contributed by atoms with E-state index < -0.39 is 4.92 Å². The third kappa shape index (κ3) is 3.35. The molecule has 1 heterocycles. The highest BCUT2D eigenvalue weighted by Crippen LogP contribution is 2.41. The summed E-state index contributed by atoms with van der Waals surface area (Å²) in [6.07, 6.45) is 3.90. The third-order valence-corrected chi connectivity index (χ3v) is 4.89. The summed E-state index contributed by atoms with van der Waals surface area (Å²) in [6.45, 7) is 1.90. The van der Waals surface area contributed by atoms with Crippen LogP contribution in [0.3, 0.4) is 0 Å². The van der Waals surface area contributed by atoms with Gasteiger partial charge in [0.05, 0.1) is 16.7 Å². The van der Waals surface area contributed by atoms with Gasteiger partial charge >= 0.3 is 5.69 Å². The number of aliphatic hydroxyl groups is 1. The highest BCUT2D eigenvalue weighted by molar-refractivity contribution is 9.10. The van der Waals surface area contributed by atoms with Crippen LogP contribution < -0.4 is 9.64 Å². The highest BCUT2D eigenvalue weighted by atomic mass is 79.9. The van der Waals surface area contributed by atoms with Crippen LogP contribution in [0.25, 0.3) is 0 Å². The molecule has 1 aliphatic heterocycles. The van der Waals surface area contributed by atoms with Gasteiger partial charge in [0.2, 0.25) is 0 Å². The molecule has 1 saturated carbocycles. The van der Waals surface area contributed by atoms with Crippen LogP contribution in [0.4, 0.5) is 11.4 Å². The maximum Gasteiger partial charge on any atom is 0.312 e. The predicted octanol–water partition coefficient (Wildman–Crippen LogP) is 3.11. The number of hydrogen-bond donors (Lipinski definition) is 1. The van der Waals surface area contributed by atoms with Crippen molar-refractivity contribution in [1.82, 2.24) is 0 Å². The van der Waals surface area contributed by atoms with Crippen molar-refractivity contribution in [2.75, 3.05) is 24.6 Å². The lowest BCUT2D eigenvalue weighted by Gasteiger charge is -2.33. The first-order valence-electron chi connectivity index (χ1n) is 7.59. The molecule has 0 bridgehead atoms. The van der Waals surface area contributed by atoms with Crippen molar-refractivity contribution in [2.24, 2.45) is 5.92 Å². The van der Waals surface area contributed by atoms with Crippen LogP contribution in [0.15, 0.2) is 16.6 Å². The summed E-state index contributed by atoms with van der Waals surface area (Å²) >= 11 is 3.45. The van der Waals surface area contributed by atoms with E-state index in [-0.39, 0.29) is 18.4 Å². The lowest BCUT2D eigenvalue weighted by Crippen LogP contribution is -2.35. The molecule has 6 nitrogen and oxygen atoms in total. The number of nitrogens with zero attached hydrogens (tertiary/aromatic N) is 2. The lowest BCUT2D eigenvalue weighted by atomic mass is 9.97. The second-order valence-corrected chi connectivity index (χ2v) is 6.81. The number of piperidine rings is 1. The van der Waals surface area contributed by atoms with E-state index in [9.17, 15) is 15.2 Å². The fourth-order valence-corrected chi connectivity index (χ4v) is 3.32. The first-order valence-corrected chi connectivity index (χ1v) is 8.38. The van der Waals surface area contributed by atoms with Gasteiger partial charge in [-0.15, -0.1) is 0 Å². The molecule has 1 aromatic rings. The molecule has 1 aromatic carbocycles. The zero-order valence-corrected chi connectivity index (χ0v) is 13.8. The fraction of sp³-hybridized carbons (Fsp3) is 0.600. The maximum atomic E-state index is 11.2. The molecule has 7 heteroatoms. The van der Waals surface area contributed by atoms with Gasteiger partial charge in [0.1, 0.15) is 0 Å². The quantitative estimate of drug-likeness (QED) is 0.636.